The van der Waals surface area contributed by atoms with Crippen LogP contribution in [0.1, 0.15) is 20.8 Å². The zero-order valence-electron chi connectivity index (χ0n) is 7.31. The van der Waals surface area contributed by atoms with E-state index in [0.717, 1.165) is 11.7 Å². The first-order valence-electron chi connectivity index (χ1n) is 4.14. The van der Waals surface area contributed by atoms with Gasteiger partial charge in [0.1, 0.15) is 12.0 Å². The molecular formula is C11H7NO2. The Morgan fingerprint density at radius 3 is 2.50 bits per heavy atom. The van der Waals surface area contributed by atoms with Gasteiger partial charge in [0.15, 0.2) is 6.29 Å². The standard InChI is InChI=1S/C11H7NO2/c13-6-8-1-2-9-3-4-10(7-14)12-11(9)5-8/h1-7H. The fourth-order valence-corrected chi connectivity index (χ4v) is 1.29. The Bertz CT molecular complexity index is 463. The Kier molecular flexibility index (Phi) is 2.07. The molecule has 0 unspecified atom stereocenters. The number of rotatable bonds is 2. The van der Waals surface area contributed by atoms with E-state index in [1.54, 1.807) is 30.3 Å². The van der Waals surface area contributed by atoms with Gasteiger partial charge in [-0.05, 0) is 12.1 Å². The Hall–Kier alpha value is -2.03. The predicted octanol–water partition coefficient (Wildman–Crippen LogP) is 1.86. The van der Waals surface area contributed by atoms with Crippen molar-refractivity contribution in [2.24, 2.45) is 0 Å². The summed E-state index contributed by atoms with van der Waals surface area (Å²) in [4.78, 5) is 25.1. The average molecular weight is 185 g/mol. The number of carbonyl (C=O) groups excluding carboxylic acids is 2. The van der Waals surface area contributed by atoms with Gasteiger partial charge in [-0.25, -0.2) is 4.98 Å². The number of nitrogens with zero attached hydrogens (tertiary/aromatic N) is 1. The van der Waals surface area contributed by atoms with E-state index >= 15 is 0 Å². The van der Waals surface area contributed by atoms with Crippen molar-refractivity contribution in [1.29, 1.82) is 0 Å². The van der Waals surface area contributed by atoms with Gasteiger partial charge < -0.3 is 0 Å². The van der Waals surface area contributed by atoms with Crippen LogP contribution in [0.25, 0.3) is 10.9 Å². The summed E-state index contributed by atoms with van der Waals surface area (Å²) >= 11 is 0. The molecule has 0 saturated heterocycles. The van der Waals surface area contributed by atoms with Gasteiger partial charge in [-0.1, -0.05) is 18.2 Å². The largest absolute Gasteiger partial charge is 0.298 e. The summed E-state index contributed by atoms with van der Waals surface area (Å²) in [6, 6.07) is 8.64. The van der Waals surface area contributed by atoms with Crippen LogP contribution < -0.4 is 0 Å². The molecule has 0 aliphatic heterocycles. The molecule has 0 aliphatic rings. The molecule has 0 aliphatic carbocycles. The summed E-state index contributed by atoms with van der Waals surface area (Å²) in [5.41, 5.74) is 1.60. The molecule has 2 aromatic rings. The van der Waals surface area contributed by atoms with E-state index in [1.807, 2.05) is 0 Å². The summed E-state index contributed by atoms with van der Waals surface area (Å²) in [5.74, 6) is 0. The predicted molar refractivity (Wildman–Crippen MR) is 52.5 cm³/mol. The fourth-order valence-electron chi connectivity index (χ4n) is 1.29. The third-order valence-corrected chi connectivity index (χ3v) is 1.99. The second-order valence-electron chi connectivity index (χ2n) is 2.92. The monoisotopic (exact) mass is 185 g/mol. The molecule has 1 heterocycles. The SMILES string of the molecule is O=Cc1ccc2ccc(C=O)nc2c1. The van der Waals surface area contributed by atoms with Crippen molar-refractivity contribution < 1.29 is 9.59 Å². The maximum Gasteiger partial charge on any atom is 0.168 e. The molecule has 3 heteroatoms. The molecule has 0 atom stereocenters. The third kappa shape index (κ3) is 1.40. The topological polar surface area (TPSA) is 47.0 Å². The van der Waals surface area contributed by atoms with Gasteiger partial charge in [-0.2, -0.15) is 0 Å². The zero-order chi connectivity index (χ0) is 9.97. The maximum atomic E-state index is 10.5. The zero-order valence-corrected chi connectivity index (χ0v) is 7.31. The van der Waals surface area contributed by atoms with Gasteiger partial charge in [-0.3, -0.25) is 9.59 Å². The number of benzene rings is 1. The Morgan fingerprint density at radius 2 is 1.79 bits per heavy atom. The minimum atomic E-state index is 0.376. The number of pyridine rings is 1. The lowest BCUT2D eigenvalue weighted by molar-refractivity contribution is 0.111. The lowest BCUT2D eigenvalue weighted by Gasteiger charge is -1.98. The highest BCUT2D eigenvalue weighted by Gasteiger charge is 1.98. The second kappa shape index (κ2) is 3.38. The first kappa shape index (κ1) is 8.56. The molecule has 0 radical (unpaired) electrons. The average Bonchev–Trinajstić information content (AvgIpc) is 2.27. The number of carbonyl (C=O) groups is 2. The molecule has 1 aromatic carbocycles. The highest BCUT2D eigenvalue weighted by molar-refractivity contribution is 5.88. The maximum absolute atomic E-state index is 10.5. The molecular weight excluding hydrogens is 178 g/mol. The van der Waals surface area contributed by atoms with Crippen molar-refractivity contribution in [3.8, 4) is 0 Å². The Morgan fingerprint density at radius 1 is 1.00 bits per heavy atom. The van der Waals surface area contributed by atoms with E-state index in [4.69, 9.17) is 0 Å². The van der Waals surface area contributed by atoms with E-state index in [-0.39, 0.29) is 0 Å². The highest BCUT2D eigenvalue weighted by Crippen LogP contribution is 2.13. The van der Waals surface area contributed by atoms with Crippen molar-refractivity contribution in [1.82, 2.24) is 4.98 Å². The minimum absolute atomic E-state index is 0.376. The van der Waals surface area contributed by atoms with Crippen LogP contribution in [0.3, 0.4) is 0 Å². The summed E-state index contributed by atoms with van der Waals surface area (Å²) < 4.78 is 0. The molecule has 0 N–H and O–H groups in total. The lowest BCUT2D eigenvalue weighted by atomic mass is 10.1. The summed E-state index contributed by atoms with van der Waals surface area (Å²) in [7, 11) is 0. The molecule has 0 spiro atoms. The van der Waals surface area contributed by atoms with E-state index in [0.29, 0.717) is 23.1 Å². The molecule has 14 heavy (non-hydrogen) atoms. The smallest absolute Gasteiger partial charge is 0.168 e. The number of hydrogen-bond donors (Lipinski definition) is 0. The number of fused-ring (bicyclic) bond motifs is 1. The fraction of sp³-hybridized carbons (Fsp3) is 0. The van der Waals surface area contributed by atoms with E-state index < -0.39 is 0 Å². The van der Waals surface area contributed by atoms with Crippen LogP contribution in [0, 0.1) is 0 Å². The van der Waals surface area contributed by atoms with Crippen LogP contribution in [-0.4, -0.2) is 17.6 Å². The normalized spacial score (nSPS) is 10.0. The van der Waals surface area contributed by atoms with Gasteiger partial charge in [0.25, 0.3) is 0 Å². The Labute approximate surface area is 80.4 Å². The molecule has 2 rings (SSSR count). The molecule has 0 fully saturated rings. The van der Waals surface area contributed by atoms with Gasteiger partial charge >= 0.3 is 0 Å². The summed E-state index contributed by atoms with van der Waals surface area (Å²) in [6.07, 6.45) is 1.45. The highest BCUT2D eigenvalue weighted by atomic mass is 16.1. The van der Waals surface area contributed by atoms with Crippen LogP contribution in [-0.2, 0) is 0 Å². The minimum Gasteiger partial charge on any atom is -0.298 e. The van der Waals surface area contributed by atoms with Crippen molar-refractivity contribution in [2.75, 3.05) is 0 Å². The van der Waals surface area contributed by atoms with E-state index in [1.165, 1.54) is 0 Å². The van der Waals surface area contributed by atoms with Gasteiger partial charge in [0.05, 0.1) is 5.52 Å². The van der Waals surface area contributed by atoms with Crippen molar-refractivity contribution in [3.05, 3.63) is 41.6 Å². The van der Waals surface area contributed by atoms with Crippen molar-refractivity contribution in [2.45, 2.75) is 0 Å². The van der Waals surface area contributed by atoms with Gasteiger partial charge in [-0.15, -0.1) is 0 Å². The number of hydrogen-bond acceptors (Lipinski definition) is 3. The first-order chi connectivity index (χ1) is 6.83. The molecule has 3 nitrogen and oxygen atoms in total. The Balaban J connectivity index is 2.71. The van der Waals surface area contributed by atoms with Crippen LogP contribution in [0.15, 0.2) is 30.3 Å². The summed E-state index contributed by atoms with van der Waals surface area (Å²) in [6.45, 7) is 0. The van der Waals surface area contributed by atoms with Crippen LogP contribution in [0.4, 0.5) is 0 Å². The van der Waals surface area contributed by atoms with Crippen LogP contribution >= 0.6 is 0 Å². The van der Waals surface area contributed by atoms with Crippen molar-refractivity contribution >= 4 is 23.5 Å². The van der Waals surface area contributed by atoms with Crippen LogP contribution in [0.2, 0.25) is 0 Å². The van der Waals surface area contributed by atoms with Crippen LogP contribution in [0.5, 0.6) is 0 Å². The molecule has 0 bridgehead atoms. The molecule has 1 aromatic heterocycles. The third-order valence-electron chi connectivity index (χ3n) is 1.99. The lowest BCUT2D eigenvalue weighted by Crippen LogP contribution is -1.88. The molecule has 0 saturated carbocycles. The van der Waals surface area contributed by atoms with Gasteiger partial charge in [0, 0.05) is 10.9 Å². The number of aromatic nitrogens is 1. The quantitative estimate of drug-likeness (QED) is 0.671. The van der Waals surface area contributed by atoms with E-state index in [9.17, 15) is 9.59 Å². The number of aldehydes is 2. The molecule has 68 valence electrons. The summed E-state index contributed by atoms with van der Waals surface area (Å²) in [5, 5.41) is 0.918. The second-order valence-corrected chi connectivity index (χ2v) is 2.92. The first-order valence-corrected chi connectivity index (χ1v) is 4.14. The molecule has 0 amide bonds. The van der Waals surface area contributed by atoms with E-state index in [2.05, 4.69) is 4.98 Å². The van der Waals surface area contributed by atoms with Gasteiger partial charge in [0.2, 0.25) is 0 Å². The van der Waals surface area contributed by atoms with Crippen molar-refractivity contribution in [3.63, 3.8) is 0 Å².